The number of carbonyl (C=O) groups excluding carboxylic acids is 1. The van der Waals surface area contributed by atoms with Crippen LogP contribution in [0.3, 0.4) is 0 Å². The lowest BCUT2D eigenvalue weighted by atomic mass is 10.1. The highest BCUT2D eigenvalue weighted by Gasteiger charge is 2.28. The topological polar surface area (TPSA) is 28.5 Å². The maximum Gasteiger partial charge on any atom is 0.270 e. The van der Waals surface area contributed by atoms with Crippen molar-refractivity contribution >= 4 is 5.91 Å². The third kappa shape index (κ3) is 3.64. The van der Waals surface area contributed by atoms with Gasteiger partial charge in [-0.05, 0) is 30.5 Å². The molecule has 2 aliphatic rings. The summed E-state index contributed by atoms with van der Waals surface area (Å²) in [4.78, 5) is 17.6. The Morgan fingerprint density at radius 1 is 0.920 bits per heavy atom. The van der Waals surface area contributed by atoms with E-state index in [2.05, 4.69) is 21.6 Å². The maximum atomic E-state index is 13.0. The van der Waals surface area contributed by atoms with Crippen LogP contribution in [-0.2, 0) is 6.54 Å². The summed E-state index contributed by atoms with van der Waals surface area (Å²) >= 11 is 0. The van der Waals surface area contributed by atoms with Crippen LogP contribution in [0.5, 0.6) is 0 Å². The second-order valence-corrected chi connectivity index (χ2v) is 7.27. The van der Waals surface area contributed by atoms with E-state index in [1.54, 1.807) is 0 Å². The number of amides is 1. The third-order valence-corrected chi connectivity index (χ3v) is 5.69. The fourth-order valence-electron chi connectivity index (χ4n) is 4.25. The Morgan fingerprint density at radius 3 is 2.36 bits per heavy atom. The van der Waals surface area contributed by atoms with E-state index in [0.29, 0.717) is 0 Å². The van der Waals surface area contributed by atoms with Crippen molar-refractivity contribution in [3.63, 3.8) is 0 Å². The van der Waals surface area contributed by atoms with Gasteiger partial charge in [-0.2, -0.15) is 0 Å². The van der Waals surface area contributed by atoms with Crippen LogP contribution in [0.25, 0.3) is 0 Å². The van der Waals surface area contributed by atoms with E-state index >= 15 is 0 Å². The lowest BCUT2D eigenvalue weighted by Gasteiger charge is -2.38. The molecule has 1 aliphatic carbocycles. The van der Waals surface area contributed by atoms with Crippen molar-refractivity contribution in [2.45, 2.75) is 38.3 Å². The first-order chi connectivity index (χ1) is 12.3. The molecule has 1 saturated heterocycles. The molecule has 1 aromatic carbocycles. The van der Waals surface area contributed by atoms with Gasteiger partial charge in [0.2, 0.25) is 0 Å². The Kier molecular flexibility index (Phi) is 4.88. The Balaban J connectivity index is 1.39. The fraction of sp³-hybridized carbons (Fsp3) is 0.476. The van der Waals surface area contributed by atoms with E-state index in [-0.39, 0.29) is 5.91 Å². The molecule has 4 nitrogen and oxygen atoms in total. The summed E-state index contributed by atoms with van der Waals surface area (Å²) < 4.78 is 2.07. The number of benzene rings is 1. The van der Waals surface area contributed by atoms with Crippen LogP contribution in [-0.4, -0.2) is 52.5 Å². The Hall–Kier alpha value is -2.07. The molecule has 0 spiro atoms. The average Bonchev–Trinajstić information content (AvgIpc) is 3.34. The lowest BCUT2D eigenvalue weighted by molar-refractivity contribution is 0.0564. The third-order valence-electron chi connectivity index (χ3n) is 5.69. The summed E-state index contributed by atoms with van der Waals surface area (Å²) in [5.41, 5.74) is 2.02. The fourth-order valence-corrected chi connectivity index (χ4v) is 4.25. The molecule has 0 N–H and O–H groups in total. The predicted octanol–water partition coefficient (Wildman–Crippen LogP) is 3.24. The van der Waals surface area contributed by atoms with Gasteiger partial charge < -0.3 is 9.47 Å². The zero-order chi connectivity index (χ0) is 17.1. The van der Waals surface area contributed by atoms with E-state index in [1.807, 2.05) is 41.4 Å². The minimum atomic E-state index is 0.173. The van der Waals surface area contributed by atoms with Gasteiger partial charge in [-0.25, -0.2) is 0 Å². The van der Waals surface area contributed by atoms with Crippen LogP contribution < -0.4 is 0 Å². The lowest BCUT2D eigenvalue weighted by Crippen LogP contribution is -2.51. The smallest absolute Gasteiger partial charge is 0.270 e. The van der Waals surface area contributed by atoms with Crippen LogP contribution >= 0.6 is 0 Å². The molecule has 0 atom stereocenters. The molecule has 1 saturated carbocycles. The average molecular weight is 337 g/mol. The maximum absolute atomic E-state index is 13.0. The van der Waals surface area contributed by atoms with Gasteiger partial charge in [-0.1, -0.05) is 43.2 Å². The van der Waals surface area contributed by atoms with Gasteiger partial charge in [0.15, 0.2) is 0 Å². The van der Waals surface area contributed by atoms with Gasteiger partial charge in [0.25, 0.3) is 5.91 Å². The summed E-state index contributed by atoms with van der Waals surface area (Å²) in [5.74, 6) is 0.173. The van der Waals surface area contributed by atoms with Gasteiger partial charge >= 0.3 is 0 Å². The van der Waals surface area contributed by atoms with Crippen LogP contribution in [0.4, 0.5) is 0 Å². The Bertz CT molecular complexity index is 695. The molecule has 1 aliphatic heterocycles. The van der Waals surface area contributed by atoms with E-state index in [9.17, 15) is 4.79 Å². The van der Waals surface area contributed by atoms with Gasteiger partial charge in [-0.15, -0.1) is 0 Å². The van der Waals surface area contributed by atoms with Gasteiger partial charge in [-0.3, -0.25) is 9.69 Å². The molecule has 2 aromatic rings. The summed E-state index contributed by atoms with van der Waals surface area (Å²) in [6, 6.07) is 15.0. The zero-order valence-electron chi connectivity index (χ0n) is 14.8. The second-order valence-electron chi connectivity index (χ2n) is 7.27. The molecule has 132 valence electrons. The van der Waals surface area contributed by atoms with Crippen molar-refractivity contribution < 1.29 is 4.79 Å². The number of hydrogen-bond donors (Lipinski definition) is 0. The molecule has 4 heteroatoms. The molecule has 4 rings (SSSR count). The number of carbonyl (C=O) groups is 1. The number of nitrogens with zero attached hydrogens (tertiary/aromatic N) is 3. The first-order valence-electron chi connectivity index (χ1n) is 9.53. The molecule has 1 aromatic heterocycles. The van der Waals surface area contributed by atoms with E-state index < -0.39 is 0 Å². The molecule has 0 unspecified atom stereocenters. The molecule has 25 heavy (non-hydrogen) atoms. The molecule has 0 radical (unpaired) electrons. The summed E-state index contributed by atoms with van der Waals surface area (Å²) in [7, 11) is 0. The first kappa shape index (κ1) is 16.4. The zero-order valence-corrected chi connectivity index (χ0v) is 14.8. The van der Waals surface area contributed by atoms with E-state index in [4.69, 9.17) is 0 Å². The van der Waals surface area contributed by atoms with Crippen LogP contribution in [0, 0.1) is 0 Å². The minimum Gasteiger partial charge on any atom is -0.339 e. The summed E-state index contributed by atoms with van der Waals surface area (Å²) in [6.45, 7) is 4.50. The standard InChI is InChI=1S/C21H27N3O/c25-21(23-15-13-22(14-16-23)19-9-4-5-10-19)20-11-6-12-24(20)17-18-7-2-1-3-8-18/h1-3,6-8,11-12,19H,4-5,9-10,13-17H2. The molecular formula is C21H27N3O. The van der Waals surface area contributed by atoms with Crippen molar-refractivity contribution in [3.05, 3.63) is 59.9 Å². The molecule has 1 amide bonds. The van der Waals surface area contributed by atoms with Gasteiger partial charge in [0, 0.05) is 45.0 Å². The van der Waals surface area contributed by atoms with Crippen LogP contribution in [0.1, 0.15) is 41.7 Å². The number of hydrogen-bond acceptors (Lipinski definition) is 2. The molecule has 2 heterocycles. The van der Waals surface area contributed by atoms with Crippen molar-refractivity contribution in [3.8, 4) is 0 Å². The number of aromatic nitrogens is 1. The highest BCUT2D eigenvalue weighted by Crippen LogP contribution is 2.24. The first-order valence-corrected chi connectivity index (χ1v) is 9.53. The van der Waals surface area contributed by atoms with Gasteiger partial charge in [0.05, 0.1) is 0 Å². The normalized spacial score (nSPS) is 19.4. The monoisotopic (exact) mass is 337 g/mol. The van der Waals surface area contributed by atoms with E-state index in [1.165, 1.54) is 31.2 Å². The van der Waals surface area contributed by atoms with Gasteiger partial charge in [0.1, 0.15) is 5.69 Å². The van der Waals surface area contributed by atoms with Crippen molar-refractivity contribution in [2.24, 2.45) is 0 Å². The minimum absolute atomic E-state index is 0.173. The van der Waals surface area contributed by atoms with Crippen molar-refractivity contribution in [1.29, 1.82) is 0 Å². The molecule has 2 fully saturated rings. The predicted molar refractivity (Wildman–Crippen MR) is 99.7 cm³/mol. The van der Waals surface area contributed by atoms with Crippen molar-refractivity contribution in [1.82, 2.24) is 14.4 Å². The number of rotatable bonds is 4. The summed E-state index contributed by atoms with van der Waals surface area (Å²) in [6.07, 6.45) is 7.43. The quantitative estimate of drug-likeness (QED) is 0.857. The summed E-state index contributed by atoms with van der Waals surface area (Å²) in [5, 5.41) is 0. The number of piperazine rings is 1. The molecular weight excluding hydrogens is 310 g/mol. The Labute approximate surface area is 150 Å². The largest absolute Gasteiger partial charge is 0.339 e. The second kappa shape index (κ2) is 7.44. The SMILES string of the molecule is O=C(c1cccn1Cc1ccccc1)N1CCN(C2CCCC2)CC1. The van der Waals surface area contributed by atoms with Crippen LogP contribution in [0.2, 0.25) is 0 Å². The van der Waals surface area contributed by atoms with E-state index in [0.717, 1.165) is 44.5 Å². The molecule has 0 bridgehead atoms. The highest BCUT2D eigenvalue weighted by molar-refractivity contribution is 5.92. The van der Waals surface area contributed by atoms with Crippen LogP contribution in [0.15, 0.2) is 48.7 Å². The Morgan fingerprint density at radius 2 is 1.64 bits per heavy atom. The highest BCUT2D eigenvalue weighted by atomic mass is 16.2. The van der Waals surface area contributed by atoms with Crippen molar-refractivity contribution in [2.75, 3.05) is 26.2 Å².